The number of hydroxylamine groups is 1. The van der Waals surface area contributed by atoms with Crippen molar-refractivity contribution in [1.82, 2.24) is 24.4 Å². The van der Waals surface area contributed by atoms with E-state index in [2.05, 4.69) is 21.5 Å². The van der Waals surface area contributed by atoms with E-state index in [0.29, 0.717) is 28.7 Å². The molecule has 1 amide bonds. The van der Waals surface area contributed by atoms with E-state index >= 15 is 8.78 Å². The van der Waals surface area contributed by atoms with Gasteiger partial charge in [-0.15, -0.1) is 0 Å². The largest absolute Gasteiger partial charge is 0.355 e. The van der Waals surface area contributed by atoms with Gasteiger partial charge in [0.1, 0.15) is 23.7 Å². The number of hydrogen-bond donors (Lipinski definition) is 1. The summed E-state index contributed by atoms with van der Waals surface area (Å²) in [5, 5.41) is 12.2. The molecule has 226 valence electrons. The summed E-state index contributed by atoms with van der Waals surface area (Å²) < 4.78 is 32.3. The molecule has 5 aliphatic rings. The summed E-state index contributed by atoms with van der Waals surface area (Å²) in [5.74, 6) is -3.18. The zero-order valence-corrected chi connectivity index (χ0v) is 23.9. The van der Waals surface area contributed by atoms with Crippen LogP contribution in [0, 0.1) is 0 Å². The summed E-state index contributed by atoms with van der Waals surface area (Å²) in [6, 6.07) is -0.350. The van der Waals surface area contributed by atoms with Crippen LogP contribution in [0.5, 0.6) is 0 Å². The highest BCUT2D eigenvalue weighted by Gasteiger charge is 2.41. The molecule has 44 heavy (non-hydrogen) atoms. The van der Waals surface area contributed by atoms with E-state index in [1.807, 2.05) is 6.92 Å². The highest BCUT2D eigenvalue weighted by molar-refractivity contribution is 6.10. The molecule has 1 saturated heterocycles. The standard InChI is InChI=1S/C31H29F2N7O4/c1-3-23(42)37-11-12-38(16(2)14-37)29-19-13-21(33)27(24-20(32)5-4-6-22(24)41)40(44)30(19)39(31(43)36-29)28-25(17-7-8-17)34-15-35-26(28)18-9-10-18/h3-6,13,15-18,44H,1,7-12,14H2,2H3/t16-/m0/s1. The predicted molar refractivity (Wildman–Crippen MR) is 157 cm³/mol. The summed E-state index contributed by atoms with van der Waals surface area (Å²) in [7, 11) is 0. The maximum absolute atomic E-state index is 16.0. The second-order valence-electron chi connectivity index (χ2n) is 11.6. The summed E-state index contributed by atoms with van der Waals surface area (Å²) in [4.78, 5) is 56.1. The number of halogens is 2. The Morgan fingerprint density at radius 3 is 2.34 bits per heavy atom. The first-order valence-corrected chi connectivity index (χ1v) is 14.6. The fraction of sp³-hybridized carbons (Fsp3) is 0.355. The van der Waals surface area contributed by atoms with Gasteiger partial charge in [-0.25, -0.2) is 33.2 Å². The molecule has 4 heterocycles. The Labute approximate surface area is 250 Å². The Kier molecular flexibility index (Phi) is 6.65. The summed E-state index contributed by atoms with van der Waals surface area (Å²) in [6.45, 7) is 6.22. The highest BCUT2D eigenvalue weighted by Crippen LogP contribution is 2.49. The number of hydrogen-bond acceptors (Lipinski definition) is 9. The molecular weight excluding hydrogens is 572 g/mol. The zero-order chi connectivity index (χ0) is 30.9. The molecule has 0 spiro atoms. The lowest BCUT2D eigenvalue weighted by molar-refractivity contribution is -0.126. The minimum atomic E-state index is -1.09. The van der Waals surface area contributed by atoms with Crippen LogP contribution < -0.4 is 15.7 Å². The van der Waals surface area contributed by atoms with Crippen LogP contribution in [-0.4, -0.2) is 67.0 Å². The average molecular weight is 602 g/mol. The molecule has 0 aromatic carbocycles. The second kappa shape index (κ2) is 10.4. The molecule has 2 aromatic heterocycles. The highest BCUT2D eigenvalue weighted by atomic mass is 19.1. The lowest BCUT2D eigenvalue weighted by atomic mass is 9.98. The molecule has 0 bridgehead atoms. The SMILES string of the molecule is C=CC(=O)N1CCN(c2nc(=O)n(-c3c(C4CC4)ncnc3C3CC3)c3c2C=C(F)C(=C2C(=O)C=CC=C2F)N3O)[C@@H](C)C1. The fourth-order valence-corrected chi connectivity index (χ4v) is 6.18. The summed E-state index contributed by atoms with van der Waals surface area (Å²) in [6.07, 6.45) is 10.4. The van der Waals surface area contributed by atoms with Crippen LogP contribution in [0.15, 0.2) is 64.9 Å². The van der Waals surface area contributed by atoms with Crippen molar-refractivity contribution in [3.05, 3.63) is 87.6 Å². The quantitative estimate of drug-likeness (QED) is 0.510. The lowest BCUT2D eigenvalue weighted by Crippen LogP contribution is -2.54. The normalized spacial score (nSPS) is 23.4. The van der Waals surface area contributed by atoms with Gasteiger partial charge in [0.2, 0.25) is 5.91 Å². The number of ketones is 1. The van der Waals surface area contributed by atoms with Gasteiger partial charge in [0.15, 0.2) is 17.4 Å². The van der Waals surface area contributed by atoms with Crippen LogP contribution in [0.3, 0.4) is 0 Å². The van der Waals surface area contributed by atoms with E-state index in [-0.39, 0.29) is 54.1 Å². The number of nitrogens with zero attached hydrogens (tertiary/aromatic N) is 7. The molecule has 3 fully saturated rings. The maximum Gasteiger partial charge on any atom is 0.355 e. The zero-order valence-electron chi connectivity index (χ0n) is 23.9. The first-order valence-electron chi connectivity index (χ1n) is 14.6. The number of carbonyl (C=O) groups excluding carboxylic acids is 2. The molecule has 11 nitrogen and oxygen atoms in total. The first-order chi connectivity index (χ1) is 21.2. The summed E-state index contributed by atoms with van der Waals surface area (Å²) in [5.41, 5.74) is -0.516. The van der Waals surface area contributed by atoms with E-state index < -0.39 is 34.4 Å². The van der Waals surface area contributed by atoms with E-state index in [1.165, 1.54) is 23.0 Å². The van der Waals surface area contributed by atoms with Gasteiger partial charge >= 0.3 is 5.69 Å². The third-order valence-electron chi connectivity index (χ3n) is 8.62. The number of aromatic nitrogens is 4. The van der Waals surface area contributed by atoms with Crippen LogP contribution in [-0.2, 0) is 9.59 Å². The van der Waals surface area contributed by atoms with Crippen LogP contribution in [0.4, 0.5) is 20.4 Å². The maximum atomic E-state index is 16.0. The molecular formula is C31H29F2N7O4. The molecule has 2 saturated carbocycles. The van der Waals surface area contributed by atoms with Crippen molar-refractivity contribution >= 4 is 29.4 Å². The Morgan fingerprint density at radius 2 is 1.75 bits per heavy atom. The number of piperazine rings is 1. The van der Waals surface area contributed by atoms with Gasteiger partial charge in [-0.1, -0.05) is 12.7 Å². The minimum absolute atomic E-state index is 0.0554. The number of allylic oxidation sites excluding steroid dienone is 6. The van der Waals surface area contributed by atoms with Crippen molar-refractivity contribution in [2.24, 2.45) is 0 Å². The molecule has 2 aromatic rings. The topological polar surface area (TPSA) is 125 Å². The molecule has 1 N–H and O–H groups in total. The van der Waals surface area contributed by atoms with Gasteiger partial charge in [-0.3, -0.25) is 14.8 Å². The number of anilines is 2. The van der Waals surface area contributed by atoms with Crippen molar-refractivity contribution in [3.8, 4) is 5.69 Å². The number of amides is 1. The lowest BCUT2D eigenvalue weighted by Gasteiger charge is -2.41. The van der Waals surface area contributed by atoms with E-state index in [4.69, 9.17) is 0 Å². The molecule has 0 unspecified atom stereocenters. The average Bonchev–Trinajstić information content (AvgIpc) is 3.92. The van der Waals surface area contributed by atoms with Crippen molar-refractivity contribution in [2.45, 2.75) is 50.5 Å². The second-order valence-corrected chi connectivity index (χ2v) is 11.6. The smallest absolute Gasteiger partial charge is 0.350 e. The summed E-state index contributed by atoms with van der Waals surface area (Å²) >= 11 is 0. The Hall–Kier alpha value is -4.78. The fourth-order valence-electron chi connectivity index (χ4n) is 6.18. The van der Waals surface area contributed by atoms with Gasteiger partial charge in [0, 0.05) is 37.5 Å². The van der Waals surface area contributed by atoms with Gasteiger partial charge < -0.3 is 9.80 Å². The molecule has 2 aliphatic heterocycles. The van der Waals surface area contributed by atoms with Crippen molar-refractivity contribution < 1.29 is 23.6 Å². The number of carbonyl (C=O) groups is 2. The minimum Gasteiger partial charge on any atom is -0.350 e. The molecule has 3 aliphatic carbocycles. The van der Waals surface area contributed by atoms with Crippen molar-refractivity contribution in [2.75, 3.05) is 29.6 Å². The van der Waals surface area contributed by atoms with E-state index in [0.717, 1.165) is 43.9 Å². The van der Waals surface area contributed by atoms with Crippen LogP contribution in [0.25, 0.3) is 11.8 Å². The third-order valence-corrected chi connectivity index (χ3v) is 8.62. The van der Waals surface area contributed by atoms with Crippen LogP contribution >= 0.6 is 0 Å². The Bertz CT molecular complexity index is 1790. The number of fused-ring (bicyclic) bond motifs is 1. The molecule has 1 atom stereocenters. The van der Waals surface area contributed by atoms with E-state index in [1.54, 1.807) is 9.80 Å². The van der Waals surface area contributed by atoms with Gasteiger partial charge in [-0.05, 0) is 56.9 Å². The van der Waals surface area contributed by atoms with Crippen molar-refractivity contribution in [1.29, 1.82) is 0 Å². The van der Waals surface area contributed by atoms with Gasteiger partial charge in [-0.2, -0.15) is 4.98 Å². The Morgan fingerprint density at radius 1 is 1.07 bits per heavy atom. The number of rotatable bonds is 5. The van der Waals surface area contributed by atoms with Gasteiger partial charge in [0.25, 0.3) is 0 Å². The van der Waals surface area contributed by atoms with E-state index in [9.17, 15) is 19.6 Å². The molecule has 7 rings (SSSR count). The third kappa shape index (κ3) is 4.50. The van der Waals surface area contributed by atoms with Gasteiger partial charge in [0.05, 0.1) is 28.2 Å². The Balaban J connectivity index is 1.49. The predicted octanol–water partition coefficient (Wildman–Crippen LogP) is 3.77. The van der Waals surface area contributed by atoms with Crippen molar-refractivity contribution in [3.63, 3.8) is 0 Å². The van der Waals surface area contributed by atoms with Crippen LogP contribution in [0.1, 0.15) is 61.4 Å². The molecule has 0 radical (unpaired) electrons. The monoisotopic (exact) mass is 601 g/mol. The van der Waals surface area contributed by atoms with Crippen LogP contribution in [0.2, 0.25) is 0 Å². The molecule has 13 heteroatoms. The first kappa shape index (κ1) is 28.0.